The van der Waals surface area contributed by atoms with Gasteiger partial charge in [0.15, 0.2) is 0 Å². The molecule has 2 rings (SSSR count). The number of hydrogen-bond donors (Lipinski definition) is 1. The third-order valence-electron chi connectivity index (χ3n) is 4.85. The minimum atomic E-state index is 0.378. The molecule has 112 valence electrons. The van der Waals surface area contributed by atoms with Crippen LogP contribution >= 0.6 is 0 Å². The van der Waals surface area contributed by atoms with Crippen molar-refractivity contribution in [1.82, 2.24) is 4.90 Å². The summed E-state index contributed by atoms with van der Waals surface area (Å²) in [7, 11) is 0. The molecule has 0 saturated heterocycles. The molecule has 2 N–H and O–H groups in total. The lowest BCUT2D eigenvalue weighted by molar-refractivity contribution is 0.146. The second-order valence-electron chi connectivity index (χ2n) is 6.33. The van der Waals surface area contributed by atoms with Crippen LogP contribution in [0.4, 0.5) is 0 Å². The molecule has 0 bridgehead atoms. The molecular weight excluding hydrogens is 244 g/mol. The maximum Gasteiger partial charge on any atom is 0.0478 e. The molecule has 1 unspecified atom stereocenters. The highest BCUT2D eigenvalue weighted by atomic mass is 15.2. The minimum Gasteiger partial charge on any atom is -0.329 e. The number of nitrogens with zero attached hydrogens (tertiary/aromatic N) is 1. The van der Waals surface area contributed by atoms with E-state index in [1.807, 2.05) is 0 Å². The van der Waals surface area contributed by atoms with Gasteiger partial charge in [-0.05, 0) is 56.8 Å². The van der Waals surface area contributed by atoms with E-state index in [0.717, 1.165) is 19.1 Å². The Hall–Kier alpha value is -0.860. The molecule has 2 nitrogen and oxygen atoms in total. The van der Waals surface area contributed by atoms with Gasteiger partial charge in [-0.25, -0.2) is 0 Å². The van der Waals surface area contributed by atoms with Crippen LogP contribution in [0.2, 0.25) is 0 Å². The molecule has 0 radical (unpaired) electrons. The Morgan fingerprint density at radius 3 is 2.15 bits per heavy atom. The van der Waals surface area contributed by atoms with Crippen molar-refractivity contribution in [3.05, 3.63) is 34.4 Å². The first-order chi connectivity index (χ1) is 9.58. The summed E-state index contributed by atoms with van der Waals surface area (Å²) in [6.45, 7) is 10.7. The van der Waals surface area contributed by atoms with Crippen molar-refractivity contribution in [1.29, 1.82) is 0 Å². The SMILES string of the molecule is CCN(C1CCCC1)C(CN)c1c(C)cc(C)cc1C. The maximum atomic E-state index is 6.18. The molecule has 1 aromatic carbocycles. The number of benzene rings is 1. The number of nitrogens with two attached hydrogens (primary N) is 1. The van der Waals surface area contributed by atoms with Gasteiger partial charge in [0, 0.05) is 18.6 Å². The molecule has 0 amide bonds. The van der Waals surface area contributed by atoms with Crippen molar-refractivity contribution >= 4 is 0 Å². The predicted octanol–water partition coefficient (Wildman–Crippen LogP) is 3.88. The van der Waals surface area contributed by atoms with Gasteiger partial charge in [0.25, 0.3) is 0 Å². The zero-order valence-corrected chi connectivity index (χ0v) is 13.6. The highest BCUT2D eigenvalue weighted by Gasteiger charge is 2.29. The summed E-state index contributed by atoms with van der Waals surface area (Å²) >= 11 is 0. The third-order valence-corrected chi connectivity index (χ3v) is 4.85. The van der Waals surface area contributed by atoms with E-state index in [4.69, 9.17) is 5.73 Å². The van der Waals surface area contributed by atoms with Gasteiger partial charge in [-0.15, -0.1) is 0 Å². The van der Waals surface area contributed by atoms with Crippen LogP contribution in [0, 0.1) is 20.8 Å². The molecule has 1 aromatic rings. The lowest BCUT2D eigenvalue weighted by Gasteiger charge is -2.37. The van der Waals surface area contributed by atoms with Gasteiger partial charge < -0.3 is 5.73 Å². The molecule has 1 atom stereocenters. The highest BCUT2D eigenvalue weighted by molar-refractivity contribution is 5.40. The molecule has 1 saturated carbocycles. The molecule has 0 aromatic heterocycles. The fourth-order valence-corrected chi connectivity index (χ4v) is 4.10. The standard InChI is InChI=1S/C18H30N2/c1-5-20(16-8-6-7-9-16)17(12-19)18-14(3)10-13(2)11-15(18)4/h10-11,16-17H,5-9,12,19H2,1-4H3. The molecule has 20 heavy (non-hydrogen) atoms. The van der Waals surface area contributed by atoms with E-state index in [1.165, 1.54) is 47.9 Å². The van der Waals surface area contributed by atoms with E-state index in [1.54, 1.807) is 0 Å². The summed E-state index contributed by atoms with van der Waals surface area (Å²) in [6.07, 6.45) is 5.44. The first-order valence-electron chi connectivity index (χ1n) is 8.12. The Bertz CT molecular complexity index is 424. The second-order valence-corrected chi connectivity index (χ2v) is 6.33. The van der Waals surface area contributed by atoms with Crippen LogP contribution in [0.3, 0.4) is 0 Å². The zero-order valence-electron chi connectivity index (χ0n) is 13.6. The fourth-order valence-electron chi connectivity index (χ4n) is 4.10. The summed E-state index contributed by atoms with van der Waals surface area (Å²) in [4.78, 5) is 2.65. The summed E-state index contributed by atoms with van der Waals surface area (Å²) in [5, 5.41) is 0. The normalized spacial score (nSPS) is 17.9. The monoisotopic (exact) mass is 274 g/mol. The number of rotatable bonds is 5. The van der Waals surface area contributed by atoms with Crippen LogP contribution < -0.4 is 5.73 Å². The molecule has 0 spiro atoms. The summed E-state index contributed by atoms with van der Waals surface area (Å²) < 4.78 is 0. The van der Waals surface area contributed by atoms with Crippen LogP contribution in [0.5, 0.6) is 0 Å². The third kappa shape index (κ3) is 3.07. The van der Waals surface area contributed by atoms with Gasteiger partial charge in [0.2, 0.25) is 0 Å². The maximum absolute atomic E-state index is 6.18. The van der Waals surface area contributed by atoms with Gasteiger partial charge in [-0.2, -0.15) is 0 Å². The van der Waals surface area contributed by atoms with Crippen LogP contribution in [0.15, 0.2) is 12.1 Å². The topological polar surface area (TPSA) is 29.3 Å². The van der Waals surface area contributed by atoms with E-state index in [2.05, 4.69) is 44.7 Å². The first-order valence-corrected chi connectivity index (χ1v) is 8.12. The Labute approximate surface area is 124 Å². The van der Waals surface area contributed by atoms with Crippen molar-refractivity contribution < 1.29 is 0 Å². The summed E-state index contributed by atoms with van der Waals surface area (Å²) in [5.74, 6) is 0. The van der Waals surface area contributed by atoms with Gasteiger partial charge >= 0.3 is 0 Å². The van der Waals surface area contributed by atoms with Crippen molar-refractivity contribution in [2.75, 3.05) is 13.1 Å². The van der Waals surface area contributed by atoms with Crippen molar-refractivity contribution in [3.8, 4) is 0 Å². The lowest BCUT2D eigenvalue weighted by Crippen LogP contribution is -2.40. The molecule has 2 heteroatoms. The van der Waals surface area contributed by atoms with E-state index in [0.29, 0.717) is 6.04 Å². The Morgan fingerprint density at radius 2 is 1.70 bits per heavy atom. The summed E-state index contributed by atoms with van der Waals surface area (Å²) in [5.41, 5.74) is 11.8. The molecule has 1 aliphatic carbocycles. The average Bonchev–Trinajstić information content (AvgIpc) is 2.90. The van der Waals surface area contributed by atoms with Crippen LogP contribution in [0.25, 0.3) is 0 Å². The quantitative estimate of drug-likeness (QED) is 0.883. The largest absolute Gasteiger partial charge is 0.329 e. The molecule has 1 aliphatic rings. The molecule has 1 fully saturated rings. The first kappa shape index (κ1) is 15.5. The molecule has 0 aliphatic heterocycles. The number of aryl methyl sites for hydroxylation is 3. The predicted molar refractivity (Wildman–Crippen MR) is 87.1 cm³/mol. The Morgan fingerprint density at radius 1 is 1.15 bits per heavy atom. The smallest absolute Gasteiger partial charge is 0.0478 e. The number of hydrogen-bond acceptors (Lipinski definition) is 2. The van der Waals surface area contributed by atoms with Crippen LogP contribution in [0.1, 0.15) is 60.9 Å². The van der Waals surface area contributed by atoms with Crippen LogP contribution in [-0.4, -0.2) is 24.0 Å². The average molecular weight is 274 g/mol. The van der Waals surface area contributed by atoms with E-state index in [9.17, 15) is 0 Å². The zero-order chi connectivity index (χ0) is 14.7. The van der Waals surface area contributed by atoms with Gasteiger partial charge in [-0.1, -0.05) is 37.5 Å². The van der Waals surface area contributed by atoms with E-state index >= 15 is 0 Å². The summed E-state index contributed by atoms with van der Waals surface area (Å²) in [6, 6.07) is 5.71. The van der Waals surface area contributed by atoms with Crippen molar-refractivity contribution in [3.63, 3.8) is 0 Å². The Balaban J connectivity index is 2.35. The second kappa shape index (κ2) is 6.73. The van der Waals surface area contributed by atoms with Gasteiger partial charge in [0.1, 0.15) is 0 Å². The molecular formula is C18H30N2. The van der Waals surface area contributed by atoms with Crippen LogP contribution in [-0.2, 0) is 0 Å². The highest BCUT2D eigenvalue weighted by Crippen LogP contribution is 2.33. The fraction of sp³-hybridized carbons (Fsp3) is 0.667. The lowest BCUT2D eigenvalue weighted by atomic mass is 9.92. The van der Waals surface area contributed by atoms with Gasteiger partial charge in [0.05, 0.1) is 0 Å². The van der Waals surface area contributed by atoms with E-state index < -0.39 is 0 Å². The van der Waals surface area contributed by atoms with Gasteiger partial charge in [-0.3, -0.25) is 4.90 Å². The Kier molecular flexibility index (Phi) is 5.22. The van der Waals surface area contributed by atoms with E-state index in [-0.39, 0.29) is 0 Å². The molecule has 0 heterocycles. The minimum absolute atomic E-state index is 0.378. The van der Waals surface area contributed by atoms with Crippen molar-refractivity contribution in [2.45, 2.75) is 65.5 Å². The van der Waals surface area contributed by atoms with Crippen molar-refractivity contribution in [2.24, 2.45) is 5.73 Å². The number of likely N-dealkylation sites (N-methyl/N-ethyl adjacent to an activating group) is 1.